The van der Waals surface area contributed by atoms with E-state index in [1.807, 2.05) is 19.9 Å². The van der Waals surface area contributed by atoms with Crippen LogP contribution in [-0.2, 0) is 4.79 Å². The number of amides is 1. The fourth-order valence-electron chi connectivity index (χ4n) is 5.91. The molecule has 1 aliphatic heterocycles. The number of carbonyl (C=O) groups is 1. The second-order valence-corrected chi connectivity index (χ2v) is 10.1. The monoisotopic (exact) mass is 482 g/mol. The molecule has 1 saturated carbocycles. The molecule has 4 heterocycles. The standard InChI is InChI=1S/C26H38N6O3/c1-3-21(32-26(34)23-18-24-22(10-17-35-24)31(23)19(2)28-32)25(33)27-11-7-12-29-13-15-30(16-14-29)20-8-5-4-6-9-20/h10,17-18,20-21H,3-9,11-16H2,1-2H3,(H,27,33)/t21-/m1/s1. The first-order valence-corrected chi connectivity index (χ1v) is 13.3. The van der Waals surface area contributed by atoms with Gasteiger partial charge in [-0.2, -0.15) is 5.10 Å². The fraction of sp³-hybridized carbons (Fsp3) is 0.654. The van der Waals surface area contributed by atoms with Gasteiger partial charge in [0.15, 0.2) is 5.58 Å². The molecule has 0 unspecified atom stereocenters. The zero-order chi connectivity index (χ0) is 24.4. The van der Waals surface area contributed by atoms with E-state index in [-0.39, 0.29) is 11.5 Å². The molecule has 1 aliphatic carbocycles. The van der Waals surface area contributed by atoms with E-state index in [9.17, 15) is 9.59 Å². The number of carbonyl (C=O) groups excluding carboxylic acids is 1. The lowest BCUT2D eigenvalue weighted by atomic mass is 9.94. The van der Waals surface area contributed by atoms with Crippen molar-refractivity contribution < 1.29 is 9.21 Å². The number of piperazine rings is 1. The number of aromatic nitrogens is 3. The lowest BCUT2D eigenvalue weighted by Gasteiger charge is -2.40. The molecule has 1 saturated heterocycles. The third kappa shape index (κ3) is 4.89. The Morgan fingerprint density at radius 2 is 1.94 bits per heavy atom. The molecule has 0 spiro atoms. The van der Waals surface area contributed by atoms with Crippen molar-refractivity contribution in [2.45, 2.75) is 70.9 Å². The number of fused-ring (bicyclic) bond motifs is 3. The molecule has 2 aliphatic rings. The van der Waals surface area contributed by atoms with Crippen LogP contribution in [-0.4, -0.2) is 75.2 Å². The predicted molar refractivity (Wildman–Crippen MR) is 136 cm³/mol. The summed E-state index contributed by atoms with van der Waals surface area (Å²) in [7, 11) is 0. The van der Waals surface area contributed by atoms with Crippen LogP contribution in [0.2, 0.25) is 0 Å². The summed E-state index contributed by atoms with van der Waals surface area (Å²) in [4.78, 5) is 31.4. The largest absolute Gasteiger partial charge is 0.463 e. The van der Waals surface area contributed by atoms with Gasteiger partial charge in [-0.25, -0.2) is 4.68 Å². The molecule has 0 aromatic carbocycles. The SMILES string of the molecule is CC[C@H](C(=O)NCCCN1CCN(C2CCCCC2)CC1)n1nc(C)n2c(cc3occc32)c1=O. The van der Waals surface area contributed by atoms with Crippen LogP contribution in [0.3, 0.4) is 0 Å². The highest BCUT2D eigenvalue weighted by Crippen LogP contribution is 2.24. The van der Waals surface area contributed by atoms with Crippen LogP contribution in [0.15, 0.2) is 27.6 Å². The normalized spacial score (nSPS) is 19.5. The van der Waals surface area contributed by atoms with Crippen LogP contribution >= 0.6 is 0 Å². The quantitative estimate of drug-likeness (QED) is 0.497. The van der Waals surface area contributed by atoms with Gasteiger partial charge in [0.1, 0.15) is 17.4 Å². The zero-order valence-electron chi connectivity index (χ0n) is 21.0. The second kappa shape index (κ2) is 10.5. The topological polar surface area (TPSA) is 88.0 Å². The molecule has 0 bridgehead atoms. The minimum absolute atomic E-state index is 0.150. The third-order valence-electron chi connectivity index (χ3n) is 7.86. The molecule has 9 nitrogen and oxygen atoms in total. The molecule has 1 amide bonds. The minimum Gasteiger partial charge on any atom is -0.463 e. The summed E-state index contributed by atoms with van der Waals surface area (Å²) in [5.74, 6) is 0.498. The van der Waals surface area contributed by atoms with E-state index in [1.54, 1.807) is 16.7 Å². The lowest BCUT2D eigenvalue weighted by molar-refractivity contribution is -0.124. The molecule has 0 radical (unpaired) electrons. The van der Waals surface area contributed by atoms with Crippen LogP contribution in [0, 0.1) is 6.92 Å². The summed E-state index contributed by atoms with van der Waals surface area (Å²) in [6, 6.07) is 3.71. The van der Waals surface area contributed by atoms with Crippen molar-refractivity contribution in [3.8, 4) is 0 Å². The highest BCUT2D eigenvalue weighted by atomic mass is 16.3. The number of hydrogen-bond donors (Lipinski definition) is 1. The maximum Gasteiger partial charge on any atom is 0.291 e. The average molecular weight is 483 g/mol. The van der Waals surface area contributed by atoms with Crippen LogP contribution in [0.25, 0.3) is 16.6 Å². The first-order chi connectivity index (χ1) is 17.1. The van der Waals surface area contributed by atoms with E-state index in [1.165, 1.54) is 36.8 Å². The number of nitrogens with one attached hydrogen (secondary N) is 1. The van der Waals surface area contributed by atoms with Crippen LogP contribution in [0.5, 0.6) is 0 Å². The van der Waals surface area contributed by atoms with Crippen molar-refractivity contribution in [3.05, 3.63) is 34.6 Å². The molecule has 9 heteroatoms. The summed E-state index contributed by atoms with van der Waals surface area (Å²) in [5.41, 5.74) is 1.65. The molecule has 3 aromatic heterocycles. The van der Waals surface area contributed by atoms with Gasteiger partial charge in [0.25, 0.3) is 5.56 Å². The van der Waals surface area contributed by atoms with Gasteiger partial charge in [0.05, 0.1) is 11.8 Å². The van der Waals surface area contributed by atoms with Gasteiger partial charge in [-0.1, -0.05) is 26.2 Å². The second-order valence-electron chi connectivity index (χ2n) is 10.1. The van der Waals surface area contributed by atoms with E-state index in [0.717, 1.165) is 50.7 Å². The van der Waals surface area contributed by atoms with Gasteiger partial charge in [-0.05, 0) is 39.2 Å². The molecule has 2 fully saturated rings. The summed E-state index contributed by atoms with van der Waals surface area (Å²) >= 11 is 0. The Hall–Kier alpha value is -2.65. The Kier molecular flexibility index (Phi) is 7.24. The maximum absolute atomic E-state index is 13.2. The van der Waals surface area contributed by atoms with Gasteiger partial charge < -0.3 is 14.6 Å². The van der Waals surface area contributed by atoms with E-state index in [2.05, 4.69) is 20.2 Å². The molecule has 5 rings (SSSR count). The Labute approximate surface area is 206 Å². The molecule has 3 aromatic rings. The zero-order valence-corrected chi connectivity index (χ0v) is 21.0. The fourth-order valence-corrected chi connectivity index (χ4v) is 5.91. The van der Waals surface area contributed by atoms with E-state index in [4.69, 9.17) is 4.42 Å². The van der Waals surface area contributed by atoms with Crippen LogP contribution in [0.1, 0.15) is 63.7 Å². The van der Waals surface area contributed by atoms with Gasteiger partial charge in [0, 0.05) is 50.9 Å². The average Bonchev–Trinajstić information content (AvgIpc) is 3.48. The van der Waals surface area contributed by atoms with Crippen molar-refractivity contribution >= 4 is 22.5 Å². The molecule has 35 heavy (non-hydrogen) atoms. The van der Waals surface area contributed by atoms with Crippen molar-refractivity contribution in [1.82, 2.24) is 29.3 Å². The van der Waals surface area contributed by atoms with Gasteiger partial charge in [-0.15, -0.1) is 0 Å². The van der Waals surface area contributed by atoms with E-state index in [0.29, 0.717) is 29.9 Å². The Bertz CT molecular complexity index is 1210. The summed E-state index contributed by atoms with van der Waals surface area (Å²) in [5, 5.41) is 7.54. The molecule has 1 atom stereocenters. The van der Waals surface area contributed by atoms with Crippen molar-refractivity contribution in [2.75, 3.05) is 39.3 Å². The van der Waals surface area contributed by atoms with Crippen molar-refractivity contribution in [2.24, 2.45) is 0 Å². The number of nitrogens with zero attached hydrogens (tertiary/aromatic N) is 5. The van der Waals surface area contributed by atoms with Gasteiger partial charge in [0.2, 0.25) is 5.91 Å². The summed E-state index contributed by atoms with van der Waals surface area (Å²) in [6.45, 7) is 9.89. The van der Waals surface area contributed by atoms with Crippen LogP contribution < -0.4 is 10.9 Å². The number of rotatable bonds is 8. The molecule has 1 N–H and O–H groups in total. The highest BCUT2D eigenvalue weighted by Gasteiger charge is 2.26. The van der Waals surface area contributed by atoms with Crippen molar-refractivity contribution in [1.29, 1.82) is 0 Å². The minimum atomic E-state index is -0.633. The highest BCUT2D eigenvalue weighted by molar-refractivity contribution is 5.83. The van der Waals surface area contributed by atoms with E-state index >= 15 is 0 Å². The first-order valence-electron chi connectivity index (χ1n) is 13.3. The number of furan rings is 1. The van der Waals surface area contributed by atoms with Crippen molar-refractivity contribution in [3.63, 3.8) is 0 Å². The summed E-state index contributed by atoms with van der Waals surface area (Å²) in [6.07, 6.45) is 9.91. The third-order valence-corrected chi connectivity index (χ3v) is 7.86. The predicted octanol–water partition coefficient (Wildman–Crippen LogP) is 2.96. The molecule has 190 valence electrons. The Balaban J connectivity index is 1.14. The van der Waals surface area contributed by atoms with Gasteiger partial charge >= 0.3 is 0 Å². The smallest absolute Gasteiger partial charge is 0.291 e. The van der Waals surface area contributed by atoms with Gasteiger partial charge in [-0.3, -0.25) is 18.9 Å². The first kappa shape index (κ1) is 24.1. The summed E-state index contributed by atoms with van der Waals surface area (Å²) < 4.78 is 8.58. The lowest BCUT2D eigenvalue weighted by Crippen LogP contribution is -2.51. The van der Waals surface area contributed by atoms with Crippen LogP contribution in [0.4, 0.5) is 0 Å². The van der Waals surface area contributed by atoms with E-state index < -0.39 is 6.04 Å². The molecular formula is C26H38N6O3. The number of aryl methyl sites for hydroxylation is 1. The molecular weight excluding hydrogens is 444 g/mol. The Morgan fingerprint density at radius 1 is 1.17 bits per heavy atom. The maximum atomic E-state index is 13.2. The Morgan fingerprint density at radius 3 is 2.69 bits per heavy atom. The number of hydrogen-bond acceptors (Lipinski definition) is 6.